The third-order valence-corrected chi connectivity index (χ3v) is 4.26. The van der Waals surface area contributed by atoms with Crippen LogP contribution >= 0.6 is 0 Å². The fourth-order valence-electron chi connectivity index (χ4n) is 3.20. The van der Waals surface area contributed by atoms with E-state index in [0.717, 1.165) is 37.2 Å². The van der Waals surface area contributed by atoms with Gasteiger partial charge in [-0.05, 0) is 39.5 Å². The van der Waals surface area contributed by atoms with Gasteiger partial charge in [0, 0.05) is 18.0 Å². The topological polar surface area (TPSA) is 122 Å². The fourth-order valence-corrected chi connectivity index (χ4v) is 3.20. The van der Waals surface area contributed by atoms with Crippen LogP contribution in [0.5, 0.6) is 0 Å². The maximum Gasteiger partial charge on any atom is 0.224 e. The van der Waals surface area contributed by atoms with Gasteiger partial charge in [0.15, 0.2) is 17.0 Å². The van der Waals surface area contributed by atoms with Crippen LogP contribution in [-0.4, -0.2) is 25.6 Å². The van der Waals surface area contributed by atoms with E-state index in [9.17, 15) is 0 Å². The van der Waals surface area contributed by atoms with E-state index < -0.39 is 0 Å². The minimum atomic E-state index is 0.194. The zero-order chi connectivity index (χ0) is 15.1. The van der Waals surface area contributed by atoms with Crippen LogP contribution in [-0.2, 0) is 0 Å². The summed E-state index contributed by atoms with van der Waals surface area (Å²) in [6.07, 6.45) is 4.19. The highest BCUT2D eigenvalue weighted by Crippen LogP contribution is 2.35. The van der Waals surface area contributed by atoms with Crippen LogP contribution in [0.3, 0.4) is 0 Å². The van der Waals surface area contributed by atoms with Gasteiger partial charge in [-0.25, -0.2) is 4.98 Å². The number of imidazole rings is 1. The summed E-state index contributed by atoms with van der Waals surface area (Å²) < 4.78 is 2.14. The zero-order valence-electron chi connectivity index (χ0n) is 12.6. The van der Waals surface area contributed by atoms with Gasteiger partial charge < -0.3 is 21.8 Å². The van der Waals surface area contributed by atoms with E-state index in [1.807, 2.05) is 0 Å². The van der Waals surface area contributed by atoms with E-state index >= 15 is 0 Å². The third kappa shape index (κ3) is 2.42. The predicted molar refractivity (Wildman–Crippen MR) is 83.7 cm³/mol. The Kier molecular flexibility index (Phi) is 3.44. The van der Waals surface area contributed by atoms with Crippen LogP contribution in [0.25, 0.3) is 11.2 Å². The summed E-state index contributed by atoms with van der Waals surface area (Å²) >= 11 is 0. The number of fused-ring (bicyclic) bond motifs is 1. The Labute approximate surface area is 123 Å². The summed E-state index contributed by atoms with van der Waals surface area (Å²) in [5.41, 5.74) is 19.1. The number of nitrogens with two attached hydrogens (primary N) is 3. The Morgan fingerprint density at radius 3 is 2.33 bits per heavy atom. The van der Waals surface area contributed by atoms with Crippen molar-refractivity contribution in [2.24, 2.45) is 5.73 Å². The van der Waals surface area contributed by atoms with Crippen molar-refractivity contribution in [1.82, 2.24) is 19.5 Å². The standard InChI is InChI=1S/C14H23N7/c1-7(2)21-12(8-3-5-9(15)6-4-8)18-10-11(16)19-14(17)20-13(10)21/h7-9H,3-6,15H2,1-2H3,(H4,16,17,19,20). The molecular formula is C14H23N7. The van der Waals surface area contributed by atoms with Crippen molar-refractivity contribution in [1.29, 1.82) is 0 Å². The molecule has 6 N–H and O–H groups in total. The lowest BCUT2D eigenvalue weighted by Gasteiger charge is -2.27. The van der Waals surface area contributed by atoms with Crippen molar-refractivity contribution in [3.05, 3.63) is 5.82 Å². The second-order valence-electron chi connectivity index (χ2n) is 6.18. The largest absolute Gasteiger partial charge is 0.382 e. The van der Waals surface area contributed by atoms with Crippen LogP contribution in [0.2, 0.25) is 0 Å². The Hall–Kier alpha value is -1.89. The van der Waals surface area contributed by atoms with Crippen LogP contribution < -0.4 is 17.2 Å². The first-order valence-electron chi connectivity index (χ1n) is 7.53. The minimum absolute atomic E-state index is 0.194. The molecule has 3 rings (SSSR count). The maximum absolute atomic E-state index is 6.01. The smallest absolute Gasteiger partial charge is 0.224 e. The highest BCUT2D eigenvalue weighted by Gasteiger charge is 2.27. The van der Waals surface area contributed by atoms with E-state index in [-0.39, 0.29) is 12.0 Å². The molecule has 2 aromatic heterocycles. The normalized spacial score (nSPS) is 23.0. The first-order valence-corrected chi connectivity index (χ1v) is 7.53. The number of anilines is 2. The molecule has 0 unspecified atom stereocenters. The molecule has 0 aromatic carbocycles. The molecule has 0 atom stereocenters. The summed E-state index contributed by atoms with van der Waals surface area (Å²) in [6.45, 7) is 4.24. The average molecular weight is 289 g/mol. The van der Waals surface area contributed by atoms with Gasteiger partial charge in [-0.2, -0.15) is 9.97 Å². The molecule has 0 amide bonds. The fraction of sp³-hybridized carbons (Fsp3) is 0.643. The van der Waals surface area contributed by atoms with E-state index in [2.05, 4.69) is 28.4 Å². The van der Waals surface area contributed by atoms with Crippen molar-refractivity contribution >= 4 is 22.9 Å². The van der Waals surface area contributed by atoms with Crippen LogP contribution in [0.1, 0.15) is 57.3 Å². The van der Waals surface area contributed by atoms with Gasteiger partial charge in [0.05, 0.1) is 0 Å². The molecule has 0 saturated heterocycles. The summed E-state index contributed by atoms with van der Waals surface area (Å²) in [7, 11) is 0. The Bertz CT molecular complexity index is 653. The highest BCUT2D eigenvalue weighted by molar-refractivity contribution is 5.83. The number of hydrogen-bond acceptors (Lipinski definition) is 6. The molecule has 0 radical (unpaired) electrons. The van der Waals surface area contributed by atoms with Crippen molar-refractivity contribution < 1.29 is 0 Å². The zero-order valence-corrected chi connectivity index (χ0v) is 12.6. The van der Waals surface area contributed by atoms with E-state index in [1.165, 1.54) is 0 Å². The van der Waals surface area contributed by atoms with E-state index in [1.54, 1.807) is 0 Å². The molecule has 1 aliphatic rings. The Balaban J connectivity index is 2.13. The van der Waals surface area contributed by atoms with Crippen molar-refractivity contribution in [3.8, 4) is 0 Å². The summed E-state index contributed by atoms with van der Waals surface area (Å²) in [6, 6.07) is 0.563. The average Bonchev–Trinajstić information content (AvgIpc) is 2.79. The summed E-state index contributed by atoms with van der Waals surface area (Å²) in [4.78, 5) is 13.1. The number of hydrogen-bond donors (Lipinski definition) is 3. The summed E-state index contributed by atoms with van der Waals surface area (Å²) in [5.74, 6) is 1.99. The molecule has 0 aliphatic heterocycles. The minimum Gasteiger partial charge on any atom is -0.382 e. The van der Waals surface area contributed by atoms with Gasteiger partial charge in [-0.1, -0.05) is 0 Å². The van der Waals surface area contributed by atoms with Gasteiger partial charge in [-0.15, -0.1) is 0 Å². The van der Waals surface area contributed by atoms with E-state index in [4.69, 9.17) is 22.2 Å². The number of nitrogen functional groups attached to an aromatic ring is 2. The molecule has 7 heteroatoms. The van der Waals surface area contributed by atoms with Crippen molar-refractivity contribution in [2.45, 2.75) is 57.5 Å². The SMILES string of the molecule is CC(C)n1c(C2CCC(N)CC2)nc2c(N)nc(N)nc21. The van der Waals surface area contributed by atoms with Gasteiger partial charge in [0.1, 0.15) is 5.82 Å². The lowest BCUT2D eigenvalue weighted by molar-refractivity contribution is 0.372. The van der Waals surface area contributed by atoms with Gasteiger partial charge in [0.2, 0.25) is 5.95 Å². The highest BCUT2D eigenvalue weighted by atomic mass is 15.2. The van der Waals surface area contributed by atoms with Crippen LogP contribution in [0, 0.1) is 0 Å². The Morgan fingerprint density at radius 1 is 1.05 bits per heavy atom. The molecule has 0 bridgehead atoms. The molecule has 2 aromatic rings. The molecule has 1 fully saturated rings. The van der Waals surface area contributed by atoms with Crippen LogP contribution in [0.4, 0.5) is 11.8 Å². The molecule has 2 heterocycles. The van der Waals surface area contributed by atoms with E-state index in [0.29, 0.717) is 23.3 Å². The molecule has 1 saturated carbocycles. The quantitative estimate of drug-likeness (QED) is 0.771. The molecule has 114 valence electrons. The van der Waals surface area contributed by atoms with Crippen LogP contribution in [0.15, 0.2) is 0 Å². The molecule has 0 spiro atoms. The lowest BCUT2D eigenvalue weighted by atomic mass is 9.86. The molecule has 21 heavy (non-hydrogen) atoms. The predicted octanol–water partition coefficient (Wildman–Crippen LogP) is 1.56. The van der Waals surface area contributed by atoms with Gasteiger partial charge in [0.25, 0.3) is 0 Å². The molecule has 1 aliphatic carbocycles. The molecular weight excluding hydrogens is 266 g/mol. The molecule has 7 nitrogen and oxygen atoms in total. The second-order valence-corrected chi connectivity index (χ2v) is 6.18. The number of nitrogens with zero attached hydrogens (tertiary/aromatic N) is 4. The Morgan fingerprint density at radius 2 is 1.71 bits per heavy atom. The second kappa shape index (κ2) is 5.14. The monoisotopic (exact) mass is 289 g/mol. The first-order chi connectivity index (χ1) is 9.97. The lowest BCUT2D eigenvalue weighted by Crippen LogP contribution is -2.27. The van der Waals surface area contributed by atoms with Crippen molar-refractivity contribution in [2.75, 3.05) is 11.5 Å². The maximum atomic E-state index is 6.01. The third-order valence-electron chi connectivity index (χ3n) is 4.26. The van der Waals surface area contributed by atoms with Gasteiger partial charge in [-0.3, -0.25) is 0 Å². The summed E-state index contributed by atoms with van der Waals surface area (Å²) in [5, 5.41) is 0. The van der Waals surface area contributed by atoms with Gasteiger partial charge >= 0.3 is 0 Å². The number of rotatable bonds is 2. The van der Waals surface area contributed by atoms with Crippen molar-refractivity contribution in [3.63, 3.8) is 0 Å². The number of aromatic nitrogens is 4. The first kappa shape index (κ1) is 14.1.